The van der Waals surface area contributed by atoms with Crippen LogP contribution in [0.3, 0.4) is 0 Å². The summed E-state index contributed by atoms with van der Waals surface area (Å²) in [6.07, 6.45) is 0.832. The Morgan fingerprint density at radius 3 is 2.42 bits per heavy atom. The second-order valence-electron chi connectivity index (χ2n) is 5.71. The van der Waals surface area contributed by atoms with Gasteiger partial charge in [0, 0.05) is 18.7 Å². The van der Waals surface area contributed by atoms with Crippen LogP contribution in [0.5, 0.6) is 5.75 Å². The zero-order chi connectivity index (χ0) is 16.6. The first kappa shape index (κ1) is 16.3. The van der Waals surface area contributed by atoms with Crippen LogP contribution < -0.4 is 10.1 Å². The van der Waals surface area contributed by atoms with Gasteiger partial charge in [-0.2, -0.15) is 5.10 Å². The number of hydrogen-bond acceptors (Lipinski definition) is 3. The lowest BCUT2D eigenvalue weighted by Gasteiger charge is -2.09. The number of nitrogens with one attached hydrogen (secondary N) is 1. The standard InChI is InChI=1S/C20H23N3O/c1-21-15-18-14-19(12-13-24-20-10-6-3-7-11-20)23(22-18)16-17-8-4-2-5-9-17/h2-11,14,21H,12-13,15-16H2,1H3. The maximum absolute atomic E-state index is 5.83. The molecule has 0 unspecified atom stereocenters. The average molecular weight is 321 g/mol. The van der Waals surface area contributed by atoms with E-state index in [0.29, 0.717) is 6.61 Å². The van der Waals surface area contributed by atoms with Crippen LogP contribution in [0.15, 0.2) is 66.7 Å². The Balaban J connectivity index is 1.68. The molecule has 2 aromatic carbocycles. The first-order valence-corrected chi connectivity index (χ1v) is 8.27. The van der Waals surface area contributed by atoms with Crippen molar-refractivity contribution in [3.05, 3.63) is 83.7 Å². The normalized spacial score (nSPS) is 10.7. The highest BCUT2D eigenvalue weighted by Gasteiger charge is 2.08. The average Bonchev–Trinajstić information content (AvgIpc) is 2.98. The second-order valence-corrected chi connectivity index (χ2v) is 5.71. The molecule has 1 N–H and O–H groups in total. The van der Waals surface area contributed by atoms with Crippen LogP contribution in [-0.4, -0.2) is 23.4 Å². The number of ether oxygens (including phenoxy) is 1. The number of aromatic nitrogens is 2. The quantitative estimate of drug-likeness (QED) is 0.692. The smallest absolute Gasteiger partial charge is 0.119 e. The van der Waals surface area contributed by atoms with E-state index in [-0.39, 0.29) is 0 Å². The molecular formula is C20H23N3O. The summed E-state index contributed by atoms with van der Waals surface area (Å²) in [7, 11) is 1.94. The molecule has 4 nitrogen and oxygen atoms in total. The fraction of sp³-hybridized carbons (Fsp3) is 0.250. The van der Waals surface area contributed by atoms with E-state index in [1.54, 1.807) is 0 Å². The maximum Gasteiger partial charge on any atom is 0.119 e. The Morgan fingerprint density at radius 1 is 1.00 bits per heavy atom. The Hall–Kier alpha value is -2.59. The van der Waals surface area contributed by atoms with Crippen LogP contribution in [-0.2, 0) is 19.5 Å². The van der Waals surface area contributed by atoms with Gasteiger partial charge in [-0.3, -0.25) is 4.68 Å². The van der Waals surface area contributed by atoms with E-state index in [2.05, 4.69) is 40.3 Å². The Labute approximate surface area is 143 Å². The minimum Gasteiger partial charge on any atom is -0.493 e. The monoisotopic (exact) mass is 321 g/mol. The van der Waals surface area contributed by atoms with Crippen LogP contribution >= 0.6 is 0 Å². The van der Waals surface area contributed by atoms with E-state index in [4.69, 9.17) is 9.84 Å². The minimum absolute atomic E-state index is 0.642. The molecule has 1 aromatic heterocycles. The van der Waals surface area contributed by atoms with Gasteiger partial charge in [-0.1, -0.05) is 48.5 Å². The lowest BCUT2D eigenvalue weighted by atomic mass is 10.2. The van der Waals surface area contributed by atoms with Crippen molar-refractivity contribution in [1.82, 2.24) is 15.1 Å². The third-order valence-corrected chi connectivity index (χ3v) is 3.82. The number of nitrogens with zero attached hydrogens (tertiary/aromatic N) is 2. The minimum atomic E-state index is 0.642. The first-order chi connectivity index (χ1) is 11.8. The van der Waals surface area contributed by atoms with Gasteiger partial charge in [0.25, 0.3) is 0 Å². The van der Waals surface area contributed by atoms with Crippen LogP contribution in [0.2, 0.25) is 0 Å². The third-order valence-electron chi connectivity index (χ3n) is 3.82. The number of hydrogen-bond donors (Lipinski definition) is 1. The van der Waals surface area contributed by atoms with E-state index in [1.165, 1.54) is 11.3 Å². The molecule has 0 aliphatic rings. The van der Waals surface area contributed by atoms with Crippen molar-refractivity contribution in [2.75, 3.05) is 13.7 Å². The van der Waals surface area contributed by atoms with Gasteiger partial charge in [0.15, 0.2) is 0 Å². The Kier molecular flexibility index (Phi) is 5.64. The fourth-order valence-electron chi connectivity index (χ4n) is 2.67. The van der Waals surface area contributed by atoms with Crippen molar-refractivity contribution in [2.45, 2.75) is 19.5 Å². The molecule has 0 aliphatic carbocycles. The fourth-order valence-corrected chi connectivity index (χ4v) is 2.67. The zero-order valence-electron chi connectivity index (χ0n) is 14.0. The van der Waals surface area contributed by atoms with Gasteiger partial charge >= 0.3 is 0 Å². The van der Waals surface area contributed by atoms with Gasteiger partial charge in [-0.15, -0.1) is 0 Å². The largest absolute Gasteiger partial charge is 0.493 e. The molecule has 0 saturated carbocycles. The SMILES string of the molecule is CNCc1cc(CCOc2ccccc2)n(Cc2ccccc2)n1. The van der Waals surface area contributed by atoms with Crippen molar-refractivity contribution in [1.29, 1.82) is 0 Å². The summed E-state index contributed by atoms with van der Waals surface area (Å²) in [5, 5.41) is 7.88. The summed E-state index contributed by atoms with van der Waals surface area (Å²) in [5.74, 6) is 0.905. The molecule has 0 bridgehead atoms. The van der Waals surface area contributed by atoms with Crippen molar-refractivity contribution >= 4 is 0 Å². The second kappa shape index (κ2) is 8.31. The highest BCUT2D eigenvalue weighted by Crippen LogP contribution is 2.12. The van der Waals surface area contributed by atoms with Crippen molar-refractivity contribution < 1.29 is 4.74 Å². The molecule has 3 aromatic rings. The molecule has 0 amide bonds. The van der Waals surface area contributed by atoms with Crippen LogP contribution in [0, 0.1) is 0 Å². The summed E-state index contributed by atoms with van der Waals surface area (Å²) in [5.41, 5.74) is 3.50. The summed E-state index contributed by atoms with van der Waals surface area (Å²) in [4.78, 5) is 0. The van der Waals surface area contributed by atoms with E-state index in [1.807, 2.05) is 43.4 Å². The highest BCUT2D eigenvalue weighted by atomic mass is 16.5. The van der Waals surface area contributed by atoms with Crippen LogP contribution in [0.1, 0.15) is 17.0 Å². The number of benzene rings is 2. The number of rotatable bonds is 8. The predicted octanol–water partition coefficient (Wildman–Crippen LogP) is 3.27. The van der Waals surface area contributed by atoms with Gasteiger partial charge < -0.3 is 10.1 Å². The molecule has 0 radical (unpaired) electrons. The van der Waals surface area contributed by atoms with Crippen LogP contribution in [0.25, 0.3) is 0 Å². The molecule has 0 saturated heterocycles. The molecule has 4 heteroatoms. The van der Waals surface area contributed by atoms with E-state index in [0.717, 1.165) is 31.0 Å². The summed E-state index contributed by atoms with van der Waals surface area (Å²) in [6, 6.07) is 22.5. The van der Waals surface area contributed by atoms with Crippen molar-refractivity contribution in [3.8, 4) is 5.75 Å². The van der Waals surface area contributed by atoms with Crippen molar-refractivity contribution in [3.63, 3.8) is 0 Å². The Morgan fingerprint density at radius 2 is 1.71 bits per heavy atom. The molecule has 0 aliphatic heterocycles. The molecule has 3 rings (SSSR count). The first-order valence-electron chi connectivity index (χ1n) is 8.27. The molecule has 124 valence electrons. The van der Waals surface area contributed by atoms with Crippen LogP contribution in [0.4, 0.5) is 0 Å². The van der Waals surface area contributed by atoms with Crippen molar-refractivity contribution in [2.24, 2.45) is 0 Å². The summed E-state index contributed by atoms with van der Waals surface area (Å²) < 4.78 is 7.91. The van der Waals surface area contributed by atoms with Gasteiger partial charge in [-0.05, 0) is 30.8 Å². The van der Waals surface area contributed by atoms with E-state index >= 15 is 0 Å². The van der Waals surface area contributed by atoms with Gasteiger partial charge in [0.1, 0.15) is 5.75 Å². The molecule has 0 atom stereocenters. The van der Waals surface area contributed by atoms with Gasteiger partial charge in [0.2, 0.25) is 0 Å². The van der Waals surface area contributed by atoms with Gasteiger partial charge in [0.05, 0.1) is 18.8 Å². The molecule has 0 spiro atoms. The zero-order valence-corrected chi connectivity index (χ0v) is 14.0. The molecule has 24 heavy (non-hydrogen) atoms. The molecule has 0 fully saturated rings. The number of para-hydroxylation sites is 1. The molecule has 1 heterocycles. The highest BCUT2D eigenvalue weighted by molar-refractivity contribution is 5.21. The predicted molar refractivity (Wildman–Crippen MR) is 96.2 cm³/mol. The van der Waals surface area contributed by atoms with E-state index < -0.39 is 0 Å². The molecular weight excluding hydrogens is 298 g/mol. The summed E-state index contributed by atoms with van der Waals surface area (Å²) in [6.45, 7) is 2.20. The third kappa shape index (κ3) is 4.46. The Bertz CT molecular complexity index is 738. The van der Waals surface area contributed by atoms with Gasteiger partial charge in [-0.25, -0.2) is 0 Å². The van der Waals surface area contributed by atoms with E-state index in [9.17, 15) is 0 Å². The topological polar surface area (TPSA) is 39.1 Å². The maximum atomic E-state index is 5.83. The lowest BCUT2D eigenvalue weighted by Crippen LogP contribution is -2.11. The summed E-state index contributed by atoms with van der Waals surface area (Å²) >= 11 is 0. The lowest BCUT2D eigenvalue weighted by molar-refractivity contribution is 0.318.